The Labute approximate surface area is 261 Å². The first-order chi connectivity index (χ1) is 22.3. The molecule has 0 aliphatic rings. The average Bonchev–Trinajstić information content (AvgIpc) is 3.46. The maximum atomic E-state index is 4.38. The summed E-state index contributed by atoms with van der Waals surface area (Å²) in [7, 11) is 0. The van der Waals surface area contributed by atoms with Gasteiger partial charge in [-0.1, -0.05) is 127 Å². The Bertz CT molecular complexity index is 2510. The van der Waals surface area contributed by atoms with Crippen molar-refractivity contribution in [3.8, 4) is 39.1 Å². The first kappa shape index (κ1) is 25.5. The molecular weight excluding hydrogens is 544 g/mol. The molecule has 0 fully saturated rings. The number of hydrogen-bond acceptors (Lipinski definition) is 1. The van der Waals surface area contributed by atoms with E-state index in [1.807, 2.05) is 18.5 Å². The molecule has 45 heavy (non-hydrogen) atoms. The Morgan fingerprint density at radius 3 is 1.80 bits per heavy atom. The molecule has 0 aliphatic carbocycles. The summed E-state index contributed by atoms with van der Waals surface area (Å²) in [6, 6.07) is 57.1. The molecule has 7 aromatic carbocycles. The molecule has 2 heteroatoms. The number of aromatic nitrogens is 2. The summed E-state index contributed by atoms with van der Waals surface area (Å²) in [4.78, 5) is 4.38. The van der Waals surface area contributed by atoms with Gasteiger partial charge in [-0.2, -0.15) is 0 Å². The van der Waals surface area contributed by atoms with Crippen LogP contribution in [-0.2, 0) is 0 Å². The van der Waals surface area contributed by atoms with Crippen LogP contribution in [0.15, 0.2) is 170 Å². The van der Waals surface area contributed by atoms with Gasteiger partial charge >= 0.3 is 0 Å². The minimum atomic E-state index is 1.13. The molecule has 210 valence electrons. The third-order valence-electron chi connectivity index (χ3n) is 9.07. The summed E-state index contributed by atoms with van der Waals surface area (Å²) in [5.41, 5.74) is 10.8. The second-order valence-corrected chi connectivity index (χ2v) is 11.6. The average molecular weight is 573 g/mol. The minimum Gasteiger partial charge on any atom is -0.309 e. The molecule has 2 heterocycles. The molecular formula is C43H28N2. The van der Waals surface area contributed by atoms with Crippen molar-refractivity contribution in [2.45, 2.75) is 0 Å². The molecule has 0 bridgehead atoms. The van der Waals surface area contributed by atoms with E-state index in [1.54, 1.807) is 0 Å². The number of pyridine rings is 1. The second-order valence-electron chi connectivity index (χ2n) is 11.6. The van der Waals surface area contributed by atoms with Crippen molar-refractivity contribution in [2.24, 2.45) is 0 Å². The monoisotopic (exact) mass is 572 g/mol. The fourth-order valence-electron chi connectivity index (χ4n) is 6.98. The van der Waals surface area contributed by atoms with Gasteiger partial charge in [0, 0.05) is 39.8 Å². The van der Waals surface area contributed by atoms with Crippen molar-refractivity contribution < 1.29 is 0 Å². The summed E-state index contributed by atoms with van der Waals surface area (Å²) in [6.45, 7) is 0. The van der Waals surface area contributed by atoms with Gasteiger partial charge in [0.2, 0.25) is 0 Å². The number of nitrogens with zero attached hydrogens (tertiary/aromatic N) is 2. The molecule has 0 saturated carbocycles. The molecule has 0 N–H and O–H groups in total. The van der Waals surface area contributed by atoms with Crippen molar-refractivity contribution in [1.29, 1.82) is 0 Å². The highest BCUT2D eigenvalue weighted by atomic mass is 15.0. The summed E-state index contributed by atoms with van der Waals surface area (Å²) in [5, 5.41) is 7.47. The first-order valence-corrected chi connectivity index (χ1v) is 15.4. The highest BCUT2D eigenvalue weighted by Gasteiger charge is 2.17. The molecule has 9 rings (SSSR count). The SMILES string of the molecule is c1ccc(-c2ccc3c(ccc4c5ccc(-c6ccc(-c7cccnc7)c7ccccc67)cc5n(-c5ccccc5)c34)c2)cc1. The van der Waals surface area contributed by atoms with Gasteiger partial charge in [-0.3, -0.25) is 4.98 Å². The van der Waals surface area contributed by atoms with Gasteiger partial charge in [0.1, 0.15) is 0 Å². The molecule has 0 radical (unpaired) electrons. The molecule has 2 aromatic heterocycles. The molecule has 0 saturated heterocycles. The van der Waals surface area contributed by atoms with Gasteiger partial charge in [0.05, 0.1) is 11.0 Å². The molecule has 0 aliphatic heterocycles. The molecule has 0 spiro atoms. The summed E-state index contributed by atoms with van der Waals surface area (Å²) < 4.78 is 2.45. The molecule has 0 amide bonds. The molecule has 2 nitrogen and oxygen atoms in total. The van der Waals surface area contributed by atoms with E-state index >= 15 is 0 Å². The number of benzene rings is 7. The number of hydrogen-bond donors (Lipinski definition) is 0. The quantitative estimate of drug-likeness (QED) is 0.205. The summed E-state index contributed by atoms with van der Waals surface area (Å²) in [5.74, 6) is 0. The van der Waals surface area contributed by atoms with Gasteiger partial charge in [-0.15, -0.1) is 0 Å². The van der Waals surface area contributed by atoms with E-state index in [9.17, 15) is 0 Å². The van der Waals surface area contributed by atoms with E-state index in [2.05, 4.69) is 161 Å². The van der Waals surface area contributed by atoms with E-state index in [0.29, 0.717) is 0 Å². The normalized spacial score (nSPS) is 11.6. The largest absolute Gasteiger partial charge is 0.309 e. The molecule has 0 unspecified atom stereocenters. The smallest absolute Gasteiger partial charge is 0.0619 e. The third-order valence-corrected chi connectivity index (χ3v) is 9.07. The Hall–Kier alpha value is -5.99. The van der Waals surface area contributed by atoms with Crippen molar-refractivity contribution in [2.75, 3.05) is 0 Å². The number of rotatable bonds is 4. The maximum absolute atomic E-state index is 4.38. The predicted molar refractivity (Wildman–Crippen MR) is 190 cm³/mol. The number of fused-ring (bicyclic) bond motifs is 6. The zero-order valence-electron chi connectivity index (χ0n) is 24.6. The van der Waals surface area contributed by atoms with Gasteiger partial charge in [0.15, 0.2) is 0 Å². The summed E-state index contributed by atoms with van der Waals surface area (Å²) >= 11 is 0. The summed E-state index contributed by atoms with van der Waals surface area (Å²) in [6.07, 6.45) is 3.77. The Balaban J connectivity index is 1.31. The van der Waals surface area contributed by atoms with E-state index in [1.165, 1.54) is 71.2 Å². The van der Waals surface area contributed by atoms with Crippen molar-refractivity contribution in [3.63, 3.8) is 0 Å². The van der Waals surface area contributed by atoms with Crippen LogP contribution in [-0.4, -0.2) is 9.55 Å². The lowest BCUT2D eigenvalue weighted by atomic mass is 9.92. The topological polar surface area (TPSA) is 17.8 Å². The van der Waals surface area contributed by atoms with Gasteiger partial charge in [0.25, 0.3) is 0 Å². The molecule has 9 aromatic rings. The van der Waals surface area contributed by atoms with Crippen LogP contribution in [0, 0.1) is 0 Å². The lowest BCUT2D eigenvalue weighted by Gasteiger charge is -2.13. The van der Waals surface area contributed by atoms with Crippen LogP contribution in [0.25, 0.3) is 82.4 Å². The van der Waals surface area contributed by atoms with E-state index in [4.69, 9.17) is 0 Å². The lowest BCUT2D eigenvalue weighted by molar-refractivity contribution is 1.19. The lowest BCUT2D eigenvalue weighted by Crippen LogP contribution is -1.94. The van der Waals surface area contributed by atoms with Crippen LogP contribution < -0.4 is 0 Å². The third kappa shape index (κ3) is 4.15. The van der Waals surface area contributed by atoms with Gasteiger partial charge < -0.3 is 4.57 Å². The molecule has 0 atom stereocenters. The van der Waals surface area contributed by atoms with E-state index in [0.717, 1.165) is 11.3 Å². The maximum Gasteiger partial charge on any atom is 0.0619 e. The van der Waals surface area contributed by atoms with E-state index in [-0.39, 0.29) is 0 Å². The van der Waals surface area contributed by atoms with E-state index < -0.39 is 0 Å². The van der Waals surface area contributed by atoms with Crippen LogP contribution in [0.4, 0.5) is 0 Å². The standard InChI is InChI=1S/C43H28N2/c1-3-10-29(11-4-1)30-17-20-37-31(26-30)19-22-41-40-21-18-32(27-42(40)45(43(37)41)34-13-5-2-6-14-34)35-23-24-36(33-12-9-25-44-28-33)39-16-8-7-15-38(35)39/h1-28H. The Morgan fingerprint density at radius 1 is 0.400 bits per heavy atom. The first-order valence-electron chi connectivity index (χ1n) is 15.4. The highest BCUT2D eigenvalue weighted by molar-refractivity contribution is 6.19. The highest BCUT2D eigenvalue weighted by Crippen LogP contribution is 2.41. The van der Waals surface area contributed by atoms with Crippen molar-refractivity contribution in [1.82, 2.24) is 9.55 Å². The predicted octanol–water partition coefficient (Wildman–Crippen LogP) is 11.5. The van der Waals surface area contributed by atoms with Gasteiger partial charge in [-0.25, -0.2) is 0 Å². The Kier molecular flexibility index (Phi) is 5.85. The number of para-hydroxylation sites is 1. The van der Waals surface area contributed by atoms with Crippen LogP contribution in [0.5, 0.6) is 0 Å². The minimum absolute atomic E-state index is 1.13. The van der Waals surface area contributed by atoms with Crippen LogP contribution in [0.1, 0.15) is 0 Å². The van der Waals surface area contributed by atoms with Crippen LogP contribution in [0.3, 0.4) is 0 Å². The van der Waals surface area contributed by atoms with Gasteiger partial charge in [-0.05, 0) is 74.3 Å². The zero-order valence-corrected chi connectivity index (χ0v) is 24.6. The second kappa shape index (κ2) is 10.3. The van der Waals surface area contributed by atoms with Crippen LogP contribution >= 0.6 is 0 Å². The fourth-order valence-corrected chi connectivity index (χ4v) is 6.98. The zero-order chi connectivity index (χ0) is 29.7. The Morgan fingerprint density at radius 2 is 1.04 bits per heavy atom. The fraction of sp³-hybridized carbons (Fsp3) is 0. The van der Waals surface area contributed by atoms with Crippen molar-refractivity contribution in [3.05, 3.63) is 170 Å². The van der Waals surface area contributed by atoms with Crippen molar-refractivity contribution >= 4 is 43.4 Å². The van der Waals surface area contributed by atoms with Crippen LogP contribution in [0.2, 0.25) is 0 Å².